The monoisotopic (exact) mass is 301 g/mol. The summed E-state index contributed by atoms with van der Waals surface area (Å²) >= 11 is 4.50. The van der Waals surface area contributed by atoms with Gasteiger partial charge >= 0.3 is 0 Å². The second-order valence-electron chi connectivity index (χ2n) is 3.24. The summed E-state index contributed by atoms with van der Waals surface area (Å²) in [4.78, 5) is 15.2. The third-order valence-electron chi connectivity index (χ3n) is 1.80. The van der Waals surface area contributed by atoms with Gasteiger partial charge in [0.1, 0.15) is 0 Å². The Kier molecular flexibility index (Phi) is 4.50. The van der Waals surface area contributed by atoms with Crippen molar-refractivity contribution in [2.24, 2.45) is 0 Å². The van der Waals surface area contributed by atoms with Gasteiger partial charge in [0.25, 0.3) is 0 Å². The van der Waals surface area contributed by atoms with Gasteiger partial charge in [-0.2, -0.15) is 0 Å². The van der Waals surface area contributed by atoms with E-state index in [1.807, 2.05) is 12.4 Å². The van der Waals surface area contributed by atoms with Crippen LogP contribution < -0.4 is 10.6 Å². The quantitative estimate of drug-likeness (QED) is 0.825. The van der Waals surface area contributed by atoms with Crippen molar-refractivity contribution in [1.29, 1.82) is 0 Å². The number of carbonyl (C=O) groups is 1. The van der Waals surface area contributed by atoms with Crippen LogP contribution in [0, 0.1) is 0 Å². The van der Waals surface area contributed by atoms with E-state index >= 15 is 0 Å². The van der Waals surface area contributed by atoms with Crippen molar-refractivity contribution in [3.63, 3.8) is 0 Å². The van der Waals surface area contributed by atoms with Crippen LogP contribution in [0.25, 0.3) is 0 Å². The molecule has 2 N–H and O–H groups in total. The molecule has 9 heteroatoms. The number of hydrogen-bond donors (Lipinski definition) is 2. The summed E-state index contributed by atoms with van der Waals surface area (Å²) < 4.78 is 0.897. The standard InChI is InChI=1S/C9H11N5OS3/c1-5(15)11-8-12-6(3-16-8)4-17-9-14-13-7(10-2)18-9/h3H,4H2,1-2H3,(H,10,13)(H,11,12,15). The smallest absolute Gasteiger partial charge is 0.223 e. The molecule has 0 spiro atoms. The first kappa shape index (κ1) is 13.2. The molecule has 96 valence electrons. The fourth-order valence-electron chi connectivity index (χ4n) is 1.09. The average molecular weight is 301 g/mol. The normalized spacial score (nSPS) is 10.3. The van der Waals surface area contributed by atoms with Crippen molar-refractivity contribution in [3.05, 3.63) is 11.1 Å². The molecule has 0 unspecified atom stereocenters. The second-order valence-corrected chi connectivity index (χ2v) is 6.30. The first-order chi connectivity index (χ1) is 8.67. The van der Waals surface area contributed by atoms with E-state index < -0.39 is 0 Å². The molecule has 2 heterocycles. The summed E-state index contributed by atoms with van der Waals surface area (Å²) in [5.41, 5.74) is 0.926. The van der Waals surface area contributed by atoms with Gasteiger partial charge in [-0.3, -0.25) is 4.79 Å². The van der Waals surface area contributed by atoms with Gasteiger partial charge in [0.2, 0.25) is 11.0 Å². The Hall–Kier alpha value is -1.19. The molecule has 1 amide bonds. The molecule has 2 aromatic heterocycles. The molecule has 2 rings (SSSR count). The Morgan fingerprint density at radius 2 is 2.28 bits per heavy atom. The first-order valence-corrected chi connectivity index (χ1v) is 7.71. The zero-order chi connectivity index (χ0) is 13.0. The van der Waals surface area contributed by atoms with Crippen LogP contribution in [0.4, 0.5) is 10.3 Å². The third-order valence-corrected chi connectivity index (χ3v) is 4.71. The summed E-state index contributed by atoms with van der Waals surface area (Å²) in [7, 11) is 1.81. The highest BCUT2D eigenvalue weighted by atomic mass is 32.2. The second kappa shape index (κ2) is 6.12. The minimum atomic E-state index is -0.105. The predicted octanol–water partition coefficient (Wildman–Crippen LogP) is 2.29. The zero-order valence-electron chi connectivity index (χ0n) is 9.76. The minimum absolute atomic E-state index is 0.105. The van der Waals surface area contributed by atoms with Crippen molar-refractivity contribution in [3.8, 4) is 0 Å². The number of nitrogens with one attached hydrogen (secondary N) is 2. The maximum absolute atomic E-state index is 10.9. The number of anilines is 2. The van der Waals surface area contributed by atoms with Crippen LogP contribution in [0.1, 0.15) is 12.6 Å². The zero-order valence-corrected chi connectivity index (χ0v) is 12.2. The molecular formula is C9H11N5OS3. The van der Waals surface area contributed by atoms with Crippen LogP contribution >= 0.6 is 34.4 Å². The first-order valence-electron chi connectivity index (χ1n) is 5.03. The molecule has 0 fully saturated rings. The minimum Gasteiger partial charge on any atom is -0.363 e. The highest BCUT2D eigenvalue weighted by Gasteiger charge is 2.07. The lowest BCUT2D eigenvalue weighted by Crippen LogP contribution is -2.05. The van der Waals surface area contributed by atoms with E-state index in [1.54, 1.807) is 11.8 Å². The summed E-state index contributed by atoms with van der Waals surface area (Å²) in [5.74, 6) is 0.611. The Morgan fingerprint density at radius 3 is 2.94 bits per heavy atom. The number of nitrogens with zero attached hydrogens (tertiary/aromatic N) is 3. The Morgan fingerprint density at radius 1 is 1.44 bits per heavy atom. The van der Waals surface area contributed by atoms with E-state index in [4.69, 9.17) is 0 Å². The number of aromatic nitrogens is 3. The largest absolute Gasteiger partial charge is 0.363 e. The molecule has 18 heavy (non-hydrogen) atoms. The van der Waals surface area contributed by atoms with Crippen molar-refractivity contribution in [2.75, 3.05) is 17.7 Å². The van der Waals surface area contributed by atoms with Crippen molar-refractivity contribution in [1.82, 2.24) is 15.2 Å². The summed E-state index contributed by atoms with van der Waals surface area (Å²) in [6.45, 7) is 1.47. The van der Waals surface area contributed by atoms with E-state index in [0.29, 0.717) is 10.9 Å². The van der Waals surface area contributed by atoms with Crippen molar-refractivity contribution >= 4 is 50.6 Å². The van der Waals surface area contributed by atoms with E-state index in [2.05, 4.69) is 25.8 Å². The fraction of sp³-hybridized carbons (Fsp3) is 0.333. The van der Waals surface area contributed by atoms with Gasteiger partial charge in [0.05, 0.1) is 5.69 Å². The van der Waals surface area contributed by atoms with Crippen LogP contribution in [0.2, 0.25) is 0 Å². The van der Waals surface area contributed by atoms with E-state index in [1.165, 1.54) is 29.6 Å². The summed E-state index contributed by atoms with van der Waals surface area (Å²) in [6, 6.07) is 0. The van der Waals surface area contributed by atoms with E-state index in [9.17, 15) is 4.79 Å². The molecule has 0 aliphatic heterocycles. The van der Waals surface area contributed by atoms with Gasteiger partial charge in [0.15, 0.2) is 9.47 Å². The van der Waals surface area contributed by atoms with Gasteiger partial charge in [0, 0.05) is 25.1 Å². The van der Waals surface area contributed by atoms with Crippen LogP contribution in [-0.2, 0) is 10.5 Å². The van der Waals surface area contributed by atoms with Gasteiger partial charge in [-0.25, -0.2) is 4.98 Å². The number of hydrogen-bond acceptors (Lipinski definition) is 8. The Bertz CT molecular complexity index is 538. The Labute approximate surface area is 116 Å². The molecule has 0 radical (unpaired) electrons. The molecule has 2 aromatic rings. The molecule has 0 aliphatic carbocycles. The number of carbonyl (C=O) groups excluding carboxylic acids is 1. The molecule has 0 bridgehead atoms. The molecule has 0 saturated carbocycles. The third kappa shape index (κ3) is 3.65. The highest BCUT2D eigenvalue weighted by molar-refractivity contribution is 8.00. The highest BCUT2D eigenvalue weighted by Crippen LogP contribution is 2.29. The van der Waals surface area contributed by atoms with Crippen molar-refractivity contribution in [2.45, 2.75) is 17.0 Å². The number of thiazole rings is 1. The van der Waals surface area contributed by atoms with Gasteiger partial charge in [-0.05, 0) is 0 Å². The van der Waals surface area contributed by atoms with Gasteiger partial charge in [-0.15, -0.1) is 21.5 Å². The molecule has 0 aliphatic rings. The lowest BCUT2D eigenvalue weighted by Gasteiger charge is -1.94. The average Bonchev–Trinajstić information content (AvgIpc) is 2.94. The number of amides is 1. The molecule has 6 nitrogen and oxygen atoms in total. The Balaban J connectivity index is 1.89. The lowest BCUT2D eigenvalue weighted by atomic mass is 10.6. The summed E-state index contributed by atoms with van der Waals surface area (Å²) in [6.07, 6.45) is 0. The SMILES string of the molecule is CNc1nnc(SCc2csc(NC(C)=O)n2)s1. The number of rotatable bonds is 5. The van der Waals surface area contributed by atoms with Crippen LogP contribution in [0.5, 0.6) is 0 Å². The topological polar surface area (TPSA) is 79.8 Å². The van der Waals surface area contributed by atoms with Crippen molar-refractivity contribution < 1.29 is 4.79 Å². The molecule has 0 aromatic carbocycles. The lowest BCUT2D eigenvalue weighted by molar-refractivity contribution is -0.114. The number of thioether (sulfide) groups is 1. The van der Waals surface area contributed by atoms with Gasteiger partial charge in [-0.1, -0.05) is 23.1 Å². The van der Waals surface area contributed by atoms with E-state index in [-0.39, 0.29) is 5.91 Å². The maximum atomic E-state index is 10.9. The van der Waals surface area contributed by atoms with Gasteiger partial charge < -0.3 is 10.6 Å². The molecule has 0 atom stereocenters. The van der Waals surface area contributed by atoms with Crippen LogP contribution in [-0.4, -0.2) is 28.1 Å². The molecular weight excluding hydrogens is 290 g/mol. The summed E-state index contributed by atoms with van der Waals surface area (Å²) in [5, 5.41) is 16.9. The van der Waals surface area contributed by atoms with E-state index in [0.717, 1.165) is 15.2 Å². The maximum Gasteiger partial charge on any atom is 0.223 e. The van der Waals surface area contributed by atoms with Crippen LogP contribution in [0.15, 0.2) is 9.72 Å². The fourth-order valence-corrected chi connectivity index (χ4v) is 3.55. The van der Waals surface area contributed by atoms with Crippen LogP contribution in [0.3, 0.4) is 0 Å². The predicted molar refractivity (Wildman–Crippen MR) is 75.4 cm³/mol. The molecule has 0 saturated heterocycles.